The van der Waals surface area contributed by atoms with E-state index in [2.05, 4.69) is 6.92 Å². The van der Waals surface area contributed by atoms with E-state index in [-0.39, 0.29) is 5.97 Å². The summed E-state index contributed by atoms with van der Waals surface area (Å²) in [6, 6.07) is 5.22. The number of benzene rings is 1. The van der Waals surface area contributed by atoms with Crippen molar-refractivity contribution in [1.82, 2.24) is 0 Å². The zero-order chi connectivity index (χ0) is 16.5. The van der Waals surface area contributed by atoms with Gasteiger partial charge in [-0.3, -0.25) is 0 Å². The van der Waals surface area contributed by atoms with Gasteiger partial charge in [0.2, 0.25) is 0 Å². The van der Waals surface area contributed by atoms with Crippen molar-refractivity contribution >= 4 is 18.6 Å². The SMILES string of the molecule is CCCCCCCCCCOC(=O)c1ccc2c(c1)B(O)OC2. The van der Waals surface area contributed by atoms with E-state index in [0.29, 0.717) is 24.2 Å². The normalized spacial score (nSPS) is 13.2. The molecule has 0 atom stereocenters. The van der Waals surface area contributed by atoms with Gasteiger partial charge in [-0.25, -0.2) is 4.79 Å². The standard InChI is InChI=1S/C18H27BO4/c1-2-3-4-5-6-7-8-9-12-22-18(20)15-10-11-16-14-23-19(21)17(16)13-15/h10-11,13,21H,2-9,12,14H2,1H3. The maximum absolute atomic E-state index is 12.0. The van der Waals surface area contributed by atoms with Crippen LogP contribution in [0.2, 0.25) is 0 Å². The van der Waals surface area contributed by atoms with Crippen LogP contribution in [0.15, 0.2) is 18.2 Å². The predicted molar refractivity (Wildman–Crippen MR) is 91.7 cm³/mol. The molecule has 4 nitrogen and oxygen atoms in total. The summed E-state index contributed by atoms with van der Waals surface area (Å²) in [4.78, 5) is 12.0. The molecule has 5 heteroatoms. The third-order valence-electron chi connectivity index (χ3n) is 4.28. The molecule has 2 rings (SSSR count). The van der Waals surface area contributed by atoms with Crippen LogP contribution >= 0.6 is 0 Å². The van der Waals surface area contributed by atoms with Crippen LogP contribution in [0.25, 0.3) is 0 Å². The Morgan fingerprint density at radius 2 is 1.87 bits per heavy atom. The third kappa shape index (κ3) is 5.67. The molecule has 0 aliphatic carbocycles. The highest BCUT2D eigenvalue weighted by Gasteiger charge is 2.28. The monoisotopic (exact) mass is 318 g/mol. The first-order valence-electron chi connectivity index (χ1n) is 8.82. The highest BCUT2D eigenvalue weighted by Crippen LogP contribution is 2.13. The van der Waals surface area contributed by atoms with E-state index >= 15 is 0 Å². The Morgan fingerprint density at radius 1 is 1.17 bits per heavy atom. The van der Waals surface area contributed by atoms with Crippen molar-refractivity contribution in [3.8, 4) is 0 Å². The maximum Gasteiger partial charge on any atom is 0.491 e. The predicted octanol–water partition coefficient (Wildman–Crippen LogP) is 3.20. The fourth-order valence-corrected chi connectivity index (χ4v) is 2.83. The molecule has 1 aliphatic rings. The van der Waals surface area contributed by atoms with Gasteiger partial charge >= 0.3 is 13.1 Å². The highest BCUT2D eigenvalue weighted by molar-refractivity contribution is 6.61. The van der Waals surface area contributed by atoms with Crippen LogP contribution in [0.4, 0.5) is 0 Å². The van der Waals surface area contributed by atoms with Crippen LogP contribution in [0.5, 0.6) is 0 Å². The molecule has 126 valence electrons. The zero-order valence-electron chi connectivity index (χ0n) is 14.1. The number of hydrogen-bond donors (Lipinski definition) is 1. The van der Waals surface area contributed by atoms with Crippen LogP contribution < -0.4 is 5.46 Å². The van der Waals surface area contributed by atoms with Gasteiger partial charge in [0.05, 0.1) is 18.8 Å². The van der Waals surface area contributed by atoms with Crippen LogP contribution in [0.3, 0.4) is 0 Å². The first kappa shape index (κ1) is 18.0. The van der Waals surface area contributed by atoms with Crippen molar-refractivity contribution in [2.45, 2.75) is 64.9 Å². The Labute approximate surface area is 139 Å². The lowest BCUT2D eigenvalue weighted by Gasteiger charge is -2.06. The first-order chi connectivity index (χ1) is 11.2. The molecule has 0 bridgehead atoms. The van der Waals surface area contributed by atoms with Crippen molar-refractivity contribution in [1.29, 1.82) is 0 Å². The van der Waals surface area contributed by atoms with Gasteiger partial charge in [-0.1, -0.05) is 57.9 Å². The molecule has 23 heavy (non-hydrogen) atoms. The molecule has 0 saturated heterocycles. The van der Waals surface area contributed by atoms with E-state index in [9.17, 15) is 9.82 Å². The number of unbranched alkanes of at least 4 members (excludes halogenated alkanes) is 7. The minimum absolute atomic E-state index is 0.324. The summed E-state index contributed by atoms with van der Waals surface area (Å²) in [5.74, 6) is -0.324. The third-order valence-corrected chi connectivity index (χ3v) is 4.28. The van der Waals surface area contributed by atoms with Gasteiger partial charge in [-0.05, 0) is 29.6 Å². The van der Waals surface area contributed by atoms with E-state index in [4.69, 9.17) is 9.39 Å². The van der Waals surface area contributed by atoms with Crippen molar-refractivity contribution in [3.05, 3.63) is 29.3 Å². The van der Waals surface area contributed by atoms with E-state index in [1.54, 1.807) is 12.1 Å². The molecule has 0 saturated carbocycles. The quantitative estimate of drug-likeness (QED) is 0.409. The largest absolute Gasteiger partial charge is 0.491 e. The number of carbonyl (C=O) groups excluding carboxylic acids is 1. The summed E-state index contributed by atoms with van der Waals surface area (Å²) in [5.41, 5.74) is 2.08. The number of carbonyl (C=O) groups is 1. The molecule has 0 radical (unpaired) electrons. The fourth-order valence-electron chi connectivity index (χ4n) is 2.83. The van der Waals surface area contributed by atoms with Gasteiger partial charge in [0, 0.05) is 0 Å². The number of esters is 1. The summed E-state index contributed by atoms with van der Waals surface area (Å²) < 4.78 is 10.4. The van der Waals surface area contributed by atoms with Gasteiger partial charge in [0.15, 0.2) is 0 Å². The summed E-state index contributed by atoms with van der Waals surface area (Å²) in [6.07, 6.45) is 9.76. The van der Waals surface area contributed by atoms with Crippen LogP contribution in [0, 0.1) is 0 Å². The van der Waals surface area contributed by atoms with Crippen molar-refractivity contribution in [2.75, 3.05) is 6.61 Å². The maximum atomic E-state index is 12.0. The molecule has 0 aromatic heterocycles. The Hall–Kier alpha value is -1.33. The second-order valence-electron chi connectivity index (χ2n) is 6.19. The number of fused-ring (bicyclic) bond motifs is 1. The lowest BCUT2D eigenvalue weighted by molar-refractivity contribution is 0.0498. The Morgan fingerprint density at radius 3 is 2.61 bits per heavy atom. The second kappa shape index (κ2) is 9.73. The Kier molecular flexibility index (Phi) is 7.63. The van der Waals surface area contributed by atoms with E-state index in [1.807, 2.05) is 6.07 Å². The lowest BCUT2D eigenvalue weighted by Crippen LogP contribution is -2.28. The smallest absolute Gasteiger partial charge is 0.462 e. The molecule has 1 heterocycles. The highest BCUT2D eigenvalue weighted by atomic mass is 16.5. The van der Waals surface area contributed by atoms with Gasteiger partial charge in [0.25, 0.3) is 0 Å². The molecule has 1 N–H and O–H groups in total. The van der Waals surface area contributed by atoms with E-state index in [0.717, 1.165) is 18.4 Å². The van der Waals surface area contributed by atoms with Crippen LogP contribution in [-0.4, -0.2) is 24.7 Å². The Balaban J connectivity index is 1.61. The lowest BCUT2D eigenvalue weighted by atomic mass is 9.79. The molecule has 1 aromatic carbocycles. The first-order valence-corrected chi connectivity index (χ1v) is 8.82. The number of ether oxygens (including phenoxy) is 1. The second-order valence-corrected chi connectivity index (χ2v) is 6.19. The summed E-state index contributed by atoms with van der Waals surface area (Å²) >= 11 is 0. The van der Waals surface area contributed by atoms with Gasteiger partial charge in [0.1, 0.15) is 0 Å². The van der Waals surface area contributed by atoms with E-state index in [1.165, 1.54) is 38.5 Å². The zero-order valence-corrected chi connectivity index (χ0v) is 14.1. The van der Waals surface area contributed by atoms with Crippen LogP contribution in [-0.2, 0) is 16.0 Å². The average Bonchev–Trinajstić information content (AvgIpc) is 2.94. The fraction of sp³-hybridized carbons (Fsp3) is 0.611. The number of rotatable bonds is 10. The molecule has 0 spiro atoms. The van der Waals surface area contributed by atoms with E-state index < -0.39 is 7.12 Å². The topological polar surface area (TPSA) is 55.8 Å². The molecular weight excluding hydrogens is 291 g/mol. The van der Waals surface area contributed by atoms with Gasteiger partial charge in [-0.2, -0.15) is 0 Å². The van der Waals surface area contributed by atoms with Gasteiger partial charge in [-0.15, -0.1) is 0 Å². The van der Waals surface area contributed by atoms with Crippen molar-refractivity contribution in [2.24, 2.45) is 0 Å². The minimum atomic E-state index is -0.926. The molecule has 1 aromatic rings. The van der Waals surface area contributed by atoms with Crippen molar-refractivity contribution < 1.29 is 19.2 Å². The minimum Gasteiger partial charge on any atom is -0.462 e. The van der Waals surface area contributed by atoms with Gasteiger partial charge < -0.3 is 14.4 Å². The van der Waals surface area contributed by atoms with Crippen LogP contribution in [0.1, 0.15) is 74.2 Å². The molecule has 0 unspecified atom stereocenters. The Bertz CT molecular complexity index is 504. The van der Waals surface area contributed by atoms with Crippen molar-refractivity contribution in [3.63, 3.8) is 0 Å². The molecule has 0 amide bonds. The molecule has 0 fully saturated rings. The summed E-state index contributed by atoms with van der Waals surface area (Å²) in [6.45, 7) is 3.08. The average molecular weight is 318 g/mol. The molecular formula is C18H27BO4. The summed E-state index contributed by atoms with van der Waals surface area (Å²) in [7, 11) is -0.926. The number of hydrogen-bond acceptors (Lipinski definition) is 4. The summed E-state index contributed by atoms with van der Waals surface area (Å²) in [5, 5.41) is 9.66. The molecule has 1 aliphatic heterocycles.